The van der Waals surface area contributed by atoms with Crippen molar-refractivity contribution in [3.8, 4) is 5.75 Å². The molecule has 2 aliphatic rings. The third-order valence-electron chi connectivity index (χ3n) is 5.02. The van der Waals surface area contributed by atoms with E-state index in [0.717, 1.165) is 19.4 Å². The molecule has 4 heteroatoms. The number of methoxy groups -OCH3 is 1. The summed E-state index contributed by atoms with van der Waals surface area (Å²) in [4.78, 5) is 15.0. The monoisotopic (exact) mass is 288 g/mol. The molecule has 114 valence electrons. The number of nitrogen functional groups attached to an aromatic ring is 1. The molecular weight excluding hydrogens is 264 g/mol. The zero-order valence-electron chi connectivity index (χ0n) is 12.7. The van der Waals surface area contributed by atoms with Crippen LogP contribution >= 0.6 is 0 Å². The number of para-hydroxylation sites is 1. The number of rotatable bonds is 2. The van der Waals surface area contributed by atoms with Crippen molar-refractivity contribution in [2.24, 2.45) is 5.92 Å². The van der Waals surface area contributed by atoms with Crippen LogP contribution in [0.4, 0.5) is 5.69 Å². The van der Waals surface area contributed by atoms with E-state index in [2.05, 4.69) is 4.90 Å². The fourth-order valence-corrected chi connectivity index (χ4v) is 3.94. The Bertz CT molecular complexity index is 528. The Balaban J connectivity index is 1.87. The van der Waals surface area contributed by atoms with Crippen LogP contribution in [0.3, 0.4) is 0 Å². The number of likely N-dealkylation sites (tertiary alicyclic amines) is 1. The zero-order valence-corrected chi connectivity index (χ0v) is 12.7. The van der Waals surface area contributed by atoms with Crippen molar-refractivity contribution in [1.29, 1.82) is 0 Å². The van der Waals surface area contributed by atoms with Gasteiger partial charge in [0.15, 0.2) is 0 Å². The third kappa shape index (κ3) is 2.59. The van der Waals surface area contributed by atoms with E-state index in [1.165, 1.54) is 25.7 Å². The van der Waals surface area contributed by atoms with Gasteiger partial charge in [0.2, 0.25) is 0 Å². The quantitative estimate of drug-likeness (QED) is 0.851. The highest BCUT2D eigenvalue weighted by molar-refractivity contribution is 6.00. The third-order valence-corrected chi connectivity index (χ3v) is 5.02. The zero-order chi connectivity index (χ0) is 14.8. The molecule has 1 amide bonds. The molecule has 0 radical (unpaired) electrons. The van der Waals surface area contributed by atoms with E-state index in [1.807, 2.05) is 12.1 Å². The predicted octanol–water partition coefficient (Wildman–Crippen LogP) is 3.07. The minimum absolute atomic E-state index is 0.0722. The largest absolute Gasteiger partial charge is 0.495 e. The van der Waals surface area contributed by atoms with Crippen molar-refractivity contribution in [2.45, 2.75) is 44.6 Å². The van der Waals surface area contributed by atoms with E-state index in [9.17, 15) is 4.79 Å². The van der Waals surface area contributed by atoms with Crippen LogP contribution in [0, 0.1) is 5.92 Å². The molecule has 1 saturated heterocycles. The topological polar surface area (TPSA) is 55.6 Å². The number of carbonyl (C=O) groups is 1. The molecule has 21 heavy (non-hydrogen) atoms. The lowest BCUT2D eigenvalue weighted by atomic mass is 9.78. The molecule has 0 aromatic heterocycles. The van der Waals surface area contributed by atoms with Crippen molar-refractivity contribution in [2.75, 3.05) is 19.4 Å². The summed E-state index contributed by atoms with van der Waals surface area (Å²) in [6.45, 7) is 0.858. The van der Waals surface area contributed by atoms with Gasteiger partial charge < -0.3 is 15.4 Å². The fraction of sp³-hybridized carbons (Fsp3) is 0.588. The first-order chi connectivity index (χ1) is 10.2. The van der Waals surface area contributed by atoms with E-state index in [4.69, 9.17) is 10.5 Å². The van der Waals surface area contributed by atoms with Gasteiger partial charge in [0, 0.05) is 12.6 Å². The average molecular weight is 288 g/mol. The molecule has 3 rings (SSSR count). The Morgan fingerprint density at radius 2 is 2.00 bits per heavy atom. The van der Waals surface area contributed by atoms with Gasteiger partial charge >= 0.3 is 0 Å². The van der Waals surface area contributed by atoms with Gasteiger partial charge in [0.1, 0.15) is 5.75 Å². The Morgan fingerprint density at radius 1 is 1.24 bits per heavy atom. The molecule has 1 aliphatic carbocycles. The maximum atomic E-state index is 12.9. The number of carbonyl (C=O) groups excluding carboxylic acids is 1. The number of anilines is 1. The number of hydrogen-bond acceptors (Lipinski definition) is 3. The van der Waals surface area contributed by atoms with Gasteiger partial charge in [-0.1, -0.05) is 18.9 Å². The number of piperidine rings is 1. The molecule has 1 aromatic rings. The summed E-state index contributed by atoms with van der Waals surface area (Å²) in [5.41, 5.74) is 7.14. The molecule has 0 unspecified atom stereocenters. The maximum absolute atomic E-state index is 12.9. The fourth-order valence-electron chi connectivity index (χ4n) is 3.94. The molecule has 1 heterocycles. The highest BCUT2D eigenvalue weighted by Gasteiger charge is 2.36. The van der Waals surface area contributed by atoms with Crippen molar-refractivity contribution in [1.82, 2.24) is 4.90 Å². The average Bonchev–Trinajstić information content (AvgIpc) is 2.54. The Hall–Kier alpha value is -1.71. The first-order valence-electron chi connectivity index (χ1n) is 7.96. The Labute approximate surface area is 126 Å². The summed E-state index contributed by atoms with van der Waals surface area (Å²) in [5.74, 6) is 1.34. The van der Waals surface area contributed by atoms with Crippen molar-refractivity contribution in [3.63, 3.8) is 0 Å². The number of amides is 1. The first-order valence-corrected chi connectivity index (χ1v) is 7.96. The summed E-state index contributed by atoms with van der Waals surface area (Å²) in [6.07, 6.45) is 7.32. The number of ether oxygens (including phenoxy) is 1. The van der Waals surface area contributed by atoms with Gasteiger partial charge in [0.25, 0.3) is 5.91 Å². The van der Waals surface area contributed by atoms with Crippen molar-refractivity contribution in [3.05, 3.63) is 23.8 Å². The molecule has 2 fully saturated rings. The van der Waals surface area contributed by atoms with Crippen LogP contribution in [0.25, 0.3) is 0 Å². The summed E-state index contributed by atoms with van der Waals surface area (Å²) in [7, 11) is 1.58. The molecule has 1 aromatic carbocycles. The van der Waals surface area contributed by atoms with E-state index in [0.29, 0.717) is 29.0 Å². The van der Waals surface area contributed by atoms with E-state index < -0.39 is 0 Å². The van der Waals surface area contributed by atoms with Gasteiger partial charge in [-0.3, -0.25) is 4.79 Å². The van der Waals surface area contributed by atoms with Gasteiger partial charge in [-0.2, -0.15) is 0 Å². The number of nitrogens with zero attached hydrogens (tertiary/aromatic N) is 1. The highest BCUT2D eigenvalue weighted by atomic mass is 16.5. The van der Waals surface area contributed by atoms with E-state index in [-0.39, 0.29) is 5.91 Å². The minimum atomic E-state index is 0.0722. The van der Waals surface area contributed by atoms with E-state index >= 15 is 0 Å². The number of hydrogen-bond donors (Lipinski definition) is 1. The second-order valence-corrected chi connectivity index (χ2v) is 6.17. The molecule has 0 spiro atoms. The number of nitrogens with two attached hydrogens (primary N) is 1. The van der Waals surface area contributed by atoms with Gasteiger partial charge in [-0.15, -0.1) is 0 Å². The first kappa shape index (κ1) is 14.2. The molecular formula is C17H24N2O2. The molecule has 2 atom stereocenters. The molecule has 1 aliphatic heterocycles. The van der Waals surface area contributed by atoms with Gasteiger partial charge in [-0.25, -0.2) is 0 Å². The second-order valence-electron chi connectivity index (χ2n) is 6.17. The standard InChI is InChI=1S/C17H24N2O2/c1-21-15-10-4-8-13(16(15)18)17(20)19-11-5-7-12-6-2-3-9-14(12)19/h4,8,10,12,14H,2-3,5-7,9,11,18H2,1H3/t12-,14-/m1/s1. The molecule has 2 N–H and O–H groups in total. The lowest BCUT2D eigenvalue weighted by Crippen LogP contribution is -2.49. The predicted molar refractivity (Wildman–Crippen MR) is 83.4 cm³/mol. The highest BCUT2D eigenvalue weighted by Crippen LogP contribution is 2.37. The van der Waals surface area contributed by atoms with Crippen LogP contribution in [-0.2, 0) is 0 Å². The van der Waals surface area contributed by atoms with Crippen LogP contribution in [0.1, 0.15) is 48.9 Å². The van der Waals surface area contributed by atoms with Crippen LogP contribution in [0.15, 0.2) is 18.2 Å². The van der Waals surface area contributed by atoms with Gasteiger partial charge in [-0.05, 0) is 43.7 Å². The molecule has 4 nitrogen and oxygen atoms in total. The SMILES string of the molecule is COc1cccc(C(=O)N2CCC[C@H]3CCCC[C@H]32)c1N. The van der Waals surface area contributed by atoms with Crippen LogP contribution < -0.4 is 10.5 Å². The van der Waals surface area contributed by atoms with E-state index in [1.54, 1.807) is 13.2 Å². The minimum Gasteiger partial charge on any atom is -0.495 e. The normalized spacial score (nSPS) is 25.3. The van der Waals surface area contributed by atoms with Crippen molar-refractivity contribution >= 4 is 11.6 Å². The summed E-state index contributed by atoms with van der Waals surface area (Å²) in [5, 5.41) is 0. The number of fused-ring (bicyclic) bond motifs is 1. The Kier molecular flexibility index (Phi) is 4.04. The lowest BCUT2D eigenvalue weighted by Gasteiger charge is -2.44. The van der Waals surface area contributed by atoms with Gasteiger partial charge in [0.05, 0.1) is 18.4 Å². The maximum Gasteiger partial charge on any atom is 0.256 e. The lowest BCUT2D eigenvalue weighted by molar-refractivity contribution is 0.0391. The second kappa shape index (κ2) is 5.96. The summed E-state index contributed by atoms with van der Waals surface area (Å²) < 4.78 is 5.23. The van der Waals surface area contributed by atoms with Crippen molar-refractivity contribution < 1.29 is 9.53 Å². The molecule has 0 bridgehead atoms. The molecule has 1 saturated carbocycles. The smallest absolute Gasteiger partial charge is 0.256 e. The van der Waals surface area contributed by atoms with Crippen LogP contribution in [0.5, 0.6) is 5.75 Å². The van der Waals surface area contributed by atoms with Crippen LogP contribution in [0.2, 0.25) is 0 Å². The van der Waals surface area contributed by atoms with Crippen LogP contribution in [-0.4, -0.2) is 30.5 Å². The summed E-state index contributed by atoms with van der Waals surface area (Å²) in [6, 6.07) is 5.86. The Morgan fingerprint density at radius 3 is 2.81 bits per heavy atom. The summed E-state index contributed by atoms with van der Waals surface area (Å²) >= 11 is 0. The number of benzene rings is 1.